The van der Waals surface area contributed by atoms with Crippen LogP contribution in [0.3, 0.4) is 0 Å². The molecule has 1 aliphatic heterocycles. The van der Waals surface area contributed by atoms with Crippen LogP contribution in [0, 0.1) is 13.8 Å². The molecule has 0 unspecified atom stereocenters. The van der Waals surface area contributed by atoms with E-state index in [1.54, 1.807) is 109 Å². The normalized spacial score (nSPS) is 21.3. The highest BCUT2D eigenvalue weighted by molar-refractivity contribution is 7.90. The summed E-state index contributed by atoms with van der Waals surface area (Å²) >= 11 is 0. The van der Waals surface area contributed by atoms with Gasteiger partial charge in [-0.15, -0.1) is 0 Å². The molecule has 0 atom stereocenters. The van der Waals surface area contributed by atoms with Crippen LogP contribution in [0.4, 0.5) is 0 Å². The number of allylic oxidation sites excluding steroid dienone is 2. The van der Waals surface area contributed by atoms with Crippen LogP contribution in [-0.2, 0) is 30.1 Å². The monoisotopic (exact) mass is 643 g/mol. The van der Waals surface area contributed by atoms with E-state index in [0.29, 0.717) is 0 Å². The molecule has 9 nitrogen and oxygen atoms in total. The second-order valence-electron chi connectivity index (χ2n) is 10.3. The molecule has 0 aromatic heterocycles. The molecule has 0 saturated heterocycles. The van der Waals surface area contributed by atoms with Gasteiger partial charge in [-0.2, -0.15) is 12.9 Å². The van der Waals surface area contributed by atoms with Crippen molar-refractivity contribution in [2.75, 3.05) is 39.3 Å². The van der Waals surface area contributed by atoms with Crippen LogP contribution in [0.15, 0.2) is 119 Å². The van der Waals surface area contributed by atoms with Gasteiger partial charge in [0, 0.05) is 39.3 Å². The summed E-state index contributed by atoms with van der Waals surface area (Å²) in [5.74, 6) is 0. The molecule has 4 rings (SSSR count). The molecule has 0 bridgehead atoms. The fourth-order valence-corrected chi connectivity index (χ4v) is 8.67. The van der Waals surface area contributed by atoms with Crippen molar-refractivity contribution in [3.63, 3.8) is 0 Å². The van der Waals surface area contributed by atoms with Crippen LogP contribution in [0.2, 0.25) is 0 Å². The van der Waals surface area contributed by atoms with E-state index in [-0.39, 0.29) is 49.1 Å². The lowest BCUT2D eigenvalue weighted by Crippen LogP contribution is -2.37. The molecule has 1 aliphatic carbocycles. The molecule has 0 radical (unpaired) electrons. The van der Waals surface area contributed by atoms with Gasteiger partial charge in [-0.25, -0.2) is 25.3 Å². The van der Waals surface area contributed by atoms with E-state index < -0.39 is 35.3 Å². The Morgan fingerprint density at radius 2 is 0.791 bits per heavy atom. The third kappa shape index (κ3) is 8.08. The molecule has 0 N–H and O–H groups in total. The predicted molar refractivity (Wildman–Crippen MR) is 170 cm³/mol. The summed E-state index contributed by atoms with van der Waals surface area (Å²) in [6.45, 7) is 3.76. The Morgan fingerprint density at radius 1 is 0.488 bits per heavy atom. The van der Waals surface area contributed by atoms with Gasteiger partial charge < -0.3 is 0 Å². The average molecular weight is 644 g/mol. The van der Waals surface area contributed by atoms with Gasteiger partial charge in [-0.3, -0.25) is 0 Å². The van der Waals surface area contributed by atoms with E-state index >= 15 is 0 Å². The number of rotatable bonds is 6. The molecule has 2 aromatic rings. The maximum atomic E-state index is 13.5. The minimum atomic E-state index is -3.90. The van der Waals surface area contributed by atoms with Crippen LogP contribution >= 0.6 is 0 Å². The minimum absolute atomic E-state index is 0.00110. The summed E-state index contributed by atoms with van der Waals surface area (Å²) in [5.41, 5.74) is 1.85. The molecular formula is C31H37N3O6S3. The van der Waals surface area contributed by atoms with Crippen LogP contribution < -0.4 is 0 Å². The van der Waals surface area contributed by atoms with Gasteiger partial charge in [-0.1, -0.05) is 96.2 Å². The lowest BCUT2D eigenvalue weighted by molar-refractivity contribution is 0.464. The SMILES string of the molecule is Cc1ccc(S(=O)(=O)N2C/C=C\CN(S(=O)(=O)C3C=CC=C3)C/C=C/CN(S(=O)(=O)c3ccc(C)cc3)C/C=C/C2)cc1. The van der Waals surface area contributed by atoms with E-state index in [1.807, 2.05) is 13.8 Å². The number of sulfonamides is 3. The fourth-order valence-electron chi connectivity index (χ4n) is 4.48. The second-order valence-corrected chi connectivity index (χ2v) is 16.2. The summed E-state index contributed by atoms with van der Waals surface area (Å²) in [6.07, 6.45) is 16.4. The number of hydrogen-bond donors (Lipinski definition) is 0. The summed E-state index contributed by atoms with van der Waals surface area (Å²) in [6, 6.07) is 13.1. The van der Waals surface area contributed by atoms with E-state index in [4.69, 9.17) is 0 Å². The molecule has 0 spiro atoms. The Hall–Kier alpha value is -3.13. The zero-order chi connectivity index (χ0) is 31.1. The van der Waals surface area contributed by atoms with Crippen molar-refractivity contribution in [1.29, 1.82) is 0 Å². The number of nitrogens with zero attached hydrogens (tertiary/aromatic N) is 3. The average Bonchev–Trinajstić information content (AvgIpc) is 3.52. The van der Waals surface area contributed by atoms with Crippen LogP contribution in [0.25, 0.3) is 0 Å². The van der Waals surface area contributed by atoms with Gasteiger partial charge >= 0.3 is 0 Å². The summed E-state index contributed by atoms with van der Waals surface area (Å²) in [7, 11) is -11.6. The summed E-state index contributed by atoms with van der Waals surface area (Å²) in [4.78, 5) is 0.268. The number of aryl methyl sites for hydroxylation is 2. The maximum absolute atomic E-state index is 13.5. The van der Waals surface area contributed by atoms with E-state index in [9.17, 15) is 25.3 Å². The maximum Gasteiger partial charge on any atom is 0.243 e. The number of benzene rings is 2. The van der Waals surface area contributed by atoms with Gasteiger partial charge in [0.1, 0.15) is 5.25 Å². The molecule has 0 amide bonds. The summed E-state index contributed by atoms with van der Waals surface area (Å²) < 4.78 is 84.8. The van der Waals surface area contributed by atoms with Crippen molar-refractivity contribution in [3.05, 3.63) is 120 Å². The van der Waals surface area contributed by atoms with Gasteiger partial charge in [-0.05, 0) is 38.1 Å². The Bertz CT molecular complexity index is 1630. The molecule has 1 heterocycles. The van der Waals surface area contributed by atoms with E-state index in [1.165, 1.54) is 12.9 Å². The van der Waals surface area contributed by atoms with Gasteiger partial charge in [0.2, 0.25) is 30.1 Å². The first-order valence-corrected chi connectivity index (χ1v) is 18.2. The molecule has 2 aliphatic rings. The third-order valence-electron chi connectivity index (χ3n) is 7.09. The Balaban J connectivity index is 1.68. The molecule has 12 heteroatoms. The highest BCUT2D eigenvalue weighted by atomic mass is 32.2. The Morgan fingerprint density at radius 3 is 1.12 bits per heavy atom. The second kappa shape index (κ2) is 14.1. The van der Waals surface area contributed by atoms with Crippen LogP contribution in [0.1, 0.15) is 11.1 Å². The van der Waals surface area contributed by atoms with Crippen molar-refractivity contribution < 1.29 is 25.3 Å². The van der Waals surface area contributed by atoms with Crippen molar-refractivity contribution in [2.24, 2.45) is 0 Å². The first-order valence-electron chi connectivity index (χ1n) is 13.8. The van der Waals surface area contributed by atoms with Gasteiger partial charge in [0.15, 0.2) is 0 Å². The zero-order valence-electron chi connectivity index (χ0n) is 24.2. The Kier molecular flexibility index (Phi) is 10.8. The molecule has 43 heavy (non-hydrogen) atoms. The first kappa shape index (κ1) is 32.8. The van der Waals surface area contributed by atoms with Gasteiger partial charge in [0.05, 0.1) is 9.79 Å². The quantitative estimate of drug-likeness (QED) is 0.443. The molecular weight excluding hydrogens is 607 g/mol. The van der Waals surface area contributed by atoms with Crippen molar-refractivity contribution in [3.8, 4) is 0 Å². The van der Waals surface area contributed by atoms with Crippen LogP contribution in [-0.4, -0.2) is 82.7 Å². The molecule has 0 fully saturated rings. The minimum Gasteiger partial charge on any atom is -0.211 e. The van der Waals surface area contributed by atoms with E-state index in [2.05, 4.69) is 0 Å². The Labute approximate surface area is 256 Å². The first-order chi connectivity index (χ1) is 20.4. The molecule has 0 saturated carbocycles. The lowest BCUT2D eigenvalue weighted by atomic mass is 10.2. The predicted octanol–water partition coefficient (Wildman–Crippen LogP) is 3.79. The highest BCUT2D eigenvalue weighted by Gasteiger charge is 2.29. The van der Waals surface area contributed by atoms with Gasteiger partial charge in [0.25, 0.3) is 0 Å². The fraction of sp³-hybridized carbons (Fsp3) is 0.290. The molecule has 230 valence electrons. The van der Waals surface area contributed by atoms with Crippen molar-refractivity contribution >= 4 is 30.1 Å². The summed E-state index contributed by atoms with van der Waals surface area (Å²) in [5, 5.41) is -0.808. The van der Waals surface area contributed by atoms with E-state index in [0.717, 1.165) is 11.1 Å². The third-order valence-corrected chi connectivity index (χ3v) is 12.8. The zero-order valence-corrected chi connectivity index (χ0v) is 26.7. The number of hydrogen-bond acceptors (Lipinski definition) is 6. The van der Waals surface area contributed by atoms with Crippen molar-refractivity contribution in [1.82, 2.24) is 12.9 Å². The molecule has 2 aromatic carbocycles. The largest absolute Gasteiger partial charge is 0.243 e. The topological polar surface area (TPSA) is 112 Å². The smallest absolute Gasteiger partial charge is 0.211 e. The standard InChI is InChI=1S/C31H37N3O6S3/c1-27-13-17-30(18-14-27)42(37,38)33-23-7-5-21-32(41(35,36)29-11-3-4-12-29)22-6-8-24-34(26-10-9-25-33)43(39,40)31-19-15-28(2)16-20-31/h3-20,29H,21-26H2,1-2H3/b7-5-,8-6+,10-9+. The van der Waals surface area contributed by atoms with Crippen LogP contribution in [0.5, 0.6) is 0 Å². The van der Waals surface area contributed by atoms with Crippen molar-refractivity contribution in [2.45, 2.75) is 28.9 Å². The lowest BCUT2D eigenvalue weighted by Gasteiger charge is -2.22. The highest BCUT2D eigenvalue weighted by Crippen LogP contribution is 2.20.